The normalized spacial score (nSPS) is 11.7. The van der Waals surface area contributed by atoms with Gasteiger partial charge in [-0.1, -0.05) is 0 Å². The summed E-state index contributed by atoms with van der Waals surface area (Å²) < 4.78 is 38.1. The van der Waals surface area contributed by atoms with Crippen LogP contribution in [0.4, 0.5) is 18.9 Å². The van der Waals surface area contributed by atoms with Crippen LogP contribution in [0.5, 0.6) is 0 Å². The summed E-state index contributed by atoms with van der Waals surface area (Å²) in [4.78, 5) is 7.59. The minimum atomic E-state index is -4.39. The van der Waals surface area contributed by atoms with Gasteiger partial charge < -0.3 is 10.3 Å². The molecule has 0 unspecified atom stereocenters. The molecule has 0 aliphatic rings. The van der Waals surface area contributed by atoms with E-state index in [1.54, 1.807) is 6.07 Å². The van der Waals surface area contributed by atoms with Crippen LogP contribution in [0.2, 0.25) is 0 Å². The molecule has 0 aromatic carbocycles. The van der Waals surface area contributed by atoms with Crippen LogP contribution in [0.15, 0.2) is 10.8 Å². The zero-order chi connectivity index (χ0) is 13.5. The van der Waals surface area contributed by atoms with Crippen molar-refractivity contribution in [3.63, 3.8) is 0 Å². The molecule has 2 heterocycles. The van der Waals surface area contributed by atoms with Crippen molar-refractivity contribution in [3.05, 3.63) is 16.5 Å². The van der Waals surface area contributed by atoms with Crippen molar-refractivity contribution >= 4 is 32.8 Å². The van der Waals surface area contributed by atoms with Crippen LogP contribution in [-0.2, 0) is 6.54 Å². The number of imidazole rings is 1. The summed E-state index contributed by atoms with van der Waals surface area (Å²) in [5, 5.41) is 8.80. The first-order valence-corrected chi connectivity index (χ1v) is 5.39. The standard InChI is InChI=1S/C9H5BrF3N5/c10-5-6(15)4(1-14)17-8-7(5)16-3-18(8)2-9(11,12)13/h3H,2,15H2. The number of nitrogen functional groups attached to an aromatic ring is 1. The topological polar surface area (TPSA) is 80.5 Å². The molecule has 0 bridgehead atoms. The molecule has 9 heteroatoms. The highest BCUT2D eigenvalue weighted by atomic mass is 79.9. The van der Waals surface area contributed by atoms with Crippen LogP contribution in [0, 0.1) is 11.3 Å². The lowest BCUT2D eigenvalue weighted by Crippen LogP contribution is -2.17. The monoisotopic (exact) mass is 319 g/mol. The van der Waals surface area contributed by atoms with Crippen molar-refractivity contribution in [1.82, 2.24) is 14.5 Å². The first-order valence-electron chi connectivity index (χ1n) is 4.60. The minimum absolute atomic E-state index is 0.0371. The van der Waals surface area contributed by atoms with Crippen LogP contribution in [0.3, 0.4) is 0 Å². The molecule has 0 saturated carbocycles. The molecule has 94 valence electrons. The molecule has 0 amide bonds. The third kappa shape index (κ3) is 2.11. The average Bonchev–Trinajstić information content (AvgIpc) is 2.64. The van der Waals surface area contributed by atoms with Gasteiger partial charge in [-0.3, -0.25) is 0 Å². The summed E-state index contributed by atoms with van der Waals surface area (Å²) in [6.45, 7) is -1.22. The zero-order valence-corrected chi connectivity index (χ0v) is 10.2. The molecule has 18 heavy (non-hydrogen) atoms. The van der Waals surface area contributed by atoms with Gasteiger partial charge in [0, 0.05) is 0 Å². The van der Waals surface area contributed by atoms with Gasteiger partial charge in [0.15, 0.2) is 11.3 Å². The van der Waals surface area contributed by atoms with E-state index < -0.39 is 12.7 Å². The van der Waals surface area contributed by atoms with Gasteiger partial charge in [-0.15, -0.1) is 0 Å². The van der Waals surface area contributed by atoms with E-state index in [-0.39, 0.29) is 27.0 Å². The molecule has 0 radical (unpaired) electrons. The molecule has 0 saturated heterocycles. The van der Waals surface area contributed by atoms with Crippen LogP contribution in [0.25, 0.3) is 11.2 Å². The van der Waals surface area contributed by atoms with Gasteiger partial charge in [-0.25, -0.2) is 9.97 Å². The molecule has 2 aromatic heterocycles. The Kier molecular flexibility index (Phi) is 2.90. The molecule has 0 spiro atoms. The van der Waals surface area contributed by atoms with Crippen molar-refractivity contribution in [2.24, 2.45) is 0 Å². The molecule has 0 fully saturated rings. The Bertz CT molecular complexity index is 655. The van der Waals surface area contributed by atoms with E-state index in [0.29, 0.717) is 0 Å². The Labute approximate surface area is 107 Å². The Balaban J connectivity index is 2.67. The number of aromatic nitrogens is 3. The molecule has 2 N–H and O–H groups in total. The van der Waals surface area contributed by atoms with Gasteiger partial charge in [0.2, 0.25) is 0 Å². The second-order valence-electron chi connectivity index (χ2n) is 3.46. The highest BCUT2D eigenvalue weighted by Gasteiger charge is 2.29. The predicted molar refractivity (Wildman–Crippen MR) is 60.4 cm³/mol. The third-order valence-corrected chi connectivity index (χ3v) is 2.99. The number of nitrogens with zero attached hydrogens (tertiary/aromatic N) is 4. The lowest BCUT2D eigenvalue weighted by atomic mass is 10.3. The van der Waals surface area contributed by atoms with Crippen LogP contribution < -0.4 is 5.73 Å². The molecule has 0 atom stereocenters. The lowest BCUT2D eigenvalue weighted by Gasteiger charge is -2.08. The molecular formula is C9H5BrF3N5. The fourth-order valence-electron chi connectivity index (χ4n) is 1.44. The summed E-state index contributed by atoms with van der Waals surface area (Å²) in [6.07, 6.45) is -3.38. The number of halogens is 4. The molecule has 2 aromatic rings. The first-order chi connectivity index (χ1) is 8.33. The summed E-state index contributed by atoms with van der Waals surface area (Å²) in [5.74, 6) is 0. The lowest BCUT2D eigenvalue weighted by molar-refractivity contribution is -0.140. The smallest absolute Gasteiger partial charge is 0.395 e. The van der Waals surface area contributed by atoms with Crippen molar-refractivity contribution in [2.45, 2.75) is 12.7 Å². The van der Waals surface area contributed by atoms with Gasteiger partial charge in [0.05, 0.1) is 16.5 Å². The number of rotatable bonds is 1. The van der Waals surface area contributed by atoms with Gasteiger partial charge >= 0.3 is 6.18 Å². The number of pyridine rings is 1. The SMILES string of the molecule is N#Cc1nc2c(ncn2CC(F)(F)F)c(Br)c1N. The molecule has 5 nitrogen and oxygen atoms in total. The van der Waals surface area contributed by atoms with E-state index in [0.717, 1.165) is 10.9 Å². The Morgan fingerprint density at radius 1 is 1.50 bits per heavy atom. The third-order valence-electron chi connectivity index (χ3n) is 2.18. The van der Waals surface area contributed by atoms with E-state index in [9.17, 15) is 13.2 Å². The number of nitrogens with two attached hydrogens (primary N) is 1. The van der Waals surface area contributed by atoms with Crippen LogP contribution in [0.1, 0.15) is 5.69 Å². The van der Waals surface area contributed by atoms with Gasteiger partial charge in [-0.2, -0.15) is 18.4 Å². The van der Waals surface area contributed by atoms with E-state index in [1.807, 2.05) is 0 Å². The maximum atomic E-state index is 12.3. The Morgan fingerprint density at radius 2 is 2.17 bits per heavy atom. The summed E-state index contributed by atoms with van der Waals surface area (Å²) in [5.41, 5.74) is 5.66. The maximum Gasteiger partial charge on any atom is 0.406 e. The fourth-order valence-corrected chi connectivity index (χ4v) is 1.91. The number of fused-ring (bicyclic) bond motifs is 1. The summed E-state index contributed by atoms with van der Waals surface area (Å²) >= 11 is 3.09. The van der Waals surface area contributed by atoms with Crippen molar-refractivity contribution in [2.75, 3.05) is 5.73 Å². The largest absolute Gasteiger partial charge is 0.406 e. The maximum absolute atomic E-state index is 12.3. The average molecular weight is 320 g/mol. The Hall–Kier alpha value is -1.82. The highest BCUT2D eigenvalue weighted by Crippen LogP contribution is 2.30. The quantitative estimate of drug-likeness (QED) is 0.873. The van der Waals surface area contributed by atoms with Crippen molar-refractivity contribution in [1.29, 1.82) is 5.26 Å². The molecule has 2 rings (SSSR count). The molecule has 0 aliphatic heterocycles. The van der Waals surface area contributed by atoms with E-state index in [1.165, 1.54) is 0 Å². The Morgan fingerprint density at radius 3 is 2.72 bits per heavy atom. The number of anilines is 1. The van der Waals surface area contributed by atoms with E-state index in [4.69, 9.17) is 11.0 Å². The van der Waals surface area contributed by atoms with Crippen molar-refractivity contribution < 1.29 is 13.2 Å². The number of hydrogen-bond acceptors (Lipinski definition) is 4. The minimum Gasteiger partial charge on any atom is -0.395 e. The van der Waals surface area contributed by atoms with Gasteiger partial charge in [0.1, 0.15) is 18.1 Å². The molecular weight excluding hydrogens is 315 g/mol. The van der Waals surface area contributed by atoms with Gasteiger partial charge in [-0.05, 0) is 15.9 Å². The first kappa shape index (κ1) is 12.6. The van der Waals surface area contributed by atoms with E-state index >= 15 is 0 Å². The fraction of sp³-hybridized carbons (Fsp3) is 0.222. The van der Waals surface area contributed by atoms with Crippen LogP contribution >= 0.6 is 15.9 Å². The van der Waals surface area contributed by atoms with Crippen molar-refractivity contribution in [3.8, 4) is 6.07 Å². The highest BCUT2D eigenvalue weighted by molar-refractivity contribution is 9.10. The second-order valence-corrected chi connectivity index (χ2v) is 4.25. The second kappa shape index (κ2) is 4.13. The molecule has 0 aliphatic carbocycles. The number of nitriles is 1. The predicted octanol–water partition coefficient (Wildman–Crippen LogP) is 2.21. The summed E-state index contributed by atoms with van der Waals surface area (Å²) in [7, 11) is 0. The van der Waals surface area contributed by atoms with Gasteiger partial charge in [0.25, 0.3) is 0 Å². The van der Waals surface area contributed by atoms with Crippen LogP contribution in [-0.4, -0.2) is 20.7 Å². The number of alkyl halides is 3. The zero-order valence-electron chi connectivity index (χ0n) is 8.66. The van der Waals surface area contributed by atoms with E-state index in [2.05, 4.69) is 25.9 Å². The number of hydrogen-bond donors (Lipinski definition) is 1. The summed E-state index contributed by atoms with van der Waals surface area (Å²) in [6, 6.07) is 1.72.